The summed E-state index contributed by atoms with van der Waals surface area (Å²) in [5.41, 5.74) is 1.15. The largest absolute Gasteiger partial charge is 0.380 e. The van der Waals surface area contributed by atoms with Crippen molar-refractivity contribution in [1.82, 2.24) is 15.5 Å². The molecule has 0 spiro atoms. The number of hydrogen-bond acceptors (Lipinski definition) is 5. The number of rotatable bonds is 4. The Morgan fingerprint density at radius 2 is 2.30 bits per heavy atom. The normalized spacial score (nSPS) is 22.3. The maximum absolute atomic E-state index is 5.36. The predicted molar refractivity (Wildman–Crippen MR) is 77.4 cm³/mol. The molecule has 2 unspecified atom stereocenters. The average molecular weight is 338 g/mol. The summed E-state index contributed by atoms with van der Waals surface area (Å²) >= 11 is 3.53. The predicted octanol–water partition coefficient (Wildman–Crippen LogP) is 2.47. The van der Waals surface area contributed by atoms with Crippen molar-refractivity contribution in [2.75, 3.05) is 13.7 Å². The number of methoxy groups -OCH3 is 1. The molecule has 0 saturated carbocycles. The van der Waals surface area contributed by atoms with Crippen molar-refractivity contribution in [2.24, 2.45) is 0 Å². The van der Waals surface area contributed by atoms with E-state index in [1.807, 2.05) is 18.2 Å². The zero-order valence-corrected chi connectivity index (χ0v) is 12.8. The molecule has 3 rings (SSSR count). The van der Waals surface area contributed by atoms with Crippen LogP contribution in [-0.4, -0.2) is 29.9 Å². The third-order valence-corrected chi connectivity index (χ3v) is 4.29. The minimum absolute atomic E-state index is 0.0976. The summed E-state index contributed by atoms with van der Waals surface area (Å²) in [6.45, 7) is 0.823. The van der Waals surface area contributed by atoms with Crippen molar-refractivity contribution < 1.29 is 9.26 Å². The van der Waals surface area contributed by atoms with E-state index in [2.05, 4.69) is 37.5 Å². The first-order valence-corrected chi connectivity index (χ1v) is 7.37. The highest BCUT2D eigenvalue weighted by Crippen LogP contribution is 2.24. The van der Waals surface area contributed by atoms with Crippen LogP contribution < -0.4 is 5.32 Å². The van der Waals surface area contributed by atoms with Gasteiger partial charge < -0.3 is 14.6 Å². The van der Waals surface area contributed by atoms with Gasteiger partial charge in [-0.25, -0.2) is 0 Å². The third kappa shape index (κ3) is 2.92. The maximum Gasteiger partial charge on any atom is 0.243 e. The highest BCUT2D eigenvalue weighted by atomic mass is 79.9. The van der Waals surface area contributed by atoms with Crippen LogP contribution >= 0.6 is 15.9 Å². The SMILES string of the molecule is COC1CNC(c2nc(Cc3ccccc3Br)no2)C1. The standard InChI is InChI=1S/C14H16BrN3O2/c1-19-10-7-12(16-8-10)14-17-13(18-20-14)6-9-4-2-3-5-11(9)15/h2-5,10,12,16H,6-8H2,1H3. The van der Waals surface area contributed by atoms with Gasteiger partial charge in [-0.1, -0.05) is 39.3 Å². The highest BCUT2D eigenvalue weighted by molar-refractivity contribution is 9.10. The number of ether oxygens (including phenoxy) is 1. The molecular formula is C14H16BrN3O2. The molecule has 0 bridgehead atoms. The van der Waals surface area contributed by atoms with Crippen LogP contribution in [0.2, 0.25) is 0 Å². The Labute approximate surface area is 125 Å². The Hall–Kier alpha value is -1.24. The van der Waals surface area contributed by atoms with Gasteiger partial charge in [0, 0.05) is 24.5 Å². The fourth-order valence-electron chi connectivity index (χ4n) is 2.36. The van der Waals surface area contributed by atoms with Gasteiger partial charge in [-0.3, -0.25) is 0 Å². The fourth-order valence-corrected chi connectivity index (χ4v) is 2.79. The Balaban J connectivity index is 1.70. The van der Waals surface area contributed by atoms with Crippen LogP contribution in [0.25, 0.3) is 0 Å². The lowest BCUT2D eigenvalue weighted by molar-refractivity contribution is 0.116. The van der Waals surface area contributed by atoms with Gasteiger partial charge in [-0.05, 0) is 18.1 Å². The second kappa shape index (κ2) is 6.03. The minimum atomic E-state index is 0.0976. The van der Waals surface area contributed by atoms with Crippen molar-refractivity contribution in [3.05, 3.63) is 46.0 Å². The molecular weight excluding hydrogens is 322 g/mol. The first-order valence-electron chi connectivity index (χ1n) is 6.58. The molecule has 1 aromatic carbocycles. The van der Waals surface area contributed by atoms with E-state index < -0.39 is 0 Å². The molecule has 2 atom stereocenters. The Bertz CT molecular complexity index is 587. The van der Waals surface area contributed by atoms with Crippen LogP contribution in [-0.2, 0) is 11.2 Å². The summed E-state index contributed by atoms with van der Waals surface area (Å²) in [6, 6.07) is 8.15. The summed E-state index contributed by atoms with van der Waals surface area (Å²) in [6.07, 6.45) is 1.75. The highest BCUT2D eigenvalue weighted by Gasteiger charge is 2.29. The monoisotopic (exact) mass is 337 g/mol. The van der Waals surface area contributed by atoms with Crippen LogP contribution in [0.5, 0.6) is 0 Å². The van der Waals surface area contributed by atoms with E-state index in [4.69, 9.17) is 9.26 Å². The number of hydrogen-bond donors (Lipinski definition) is 1. The molecule has 20 heavy (non-hydrogen) atoms. The average Bonchev–Trinajstić information content (AvgIpc) is 3.10. The minimum Gasteiger partial charge on any atom is -0.380 e. The van der Waals surface area contributed by atoms with Crippen molar-refractivity contribution in [2.45, 2.75) is 25.0 Å². The van der Waals surface area contributed by atoms with Crippen LogP contribution in [0, 0.1) is 0 Å². The summed E-state index contributed by atoms with van der Waals surface area (Å²) < 4.78 is 11.7. The quantitative estimate of drug-likeness (QED) is 0.928. The molecule has 0 aliphatic carbocycles. The smallest absolute Gasteiger partial charge is 0.243 e. The summed E-state index contributed by atoms with van der Waals surface area (Å²) in [5, 5.41) is 7.39. The van der Waals surface area contributed by atoms with Crippen molar-refractivity contribution in [1.29, 1.82) is 0 Å². The molecule has 2 aromatic rings. The molecule has 1 aliphatic rings. The zero-order chi connectivity index (χ0) is 13.9. The number of benzene rings is 1. The van der Waals surface area contributed by atoms with Gasteiger partial charge in [-0.2, -0.15) is 4.98 Å². The number of aromatic nitrogens is 2. The zero-order valence-electron chi connectivity index (χ0n) is 11.2. The first-order chi connectivity index (χ1) is 9.76. The van der Waals surface area contributed by atoms with Crippen LogP contribution in [0.1, 0.15) is 29.7 Å². The second-order valence-corrected chi connectivity index (χ2v) is 5.73. The number of nitrogens with zero attached hydrogens (tertiary/aromatic N) is 2. The Morgan fingerprint density at radius 1 is 1.45 bits per heavy atom. The van der Waals surface area contributed by atoms with E-state index in [1.165, 1.54) is 0 Å². The van der Waals surface area contributed by atoms with Crippen LogP contribution in [0.4, 0.5) is 0 Å². The van der Waals surface area contributed by atoms with E-state index in [0.717, 1.165) is 23.0 Å². The van der Waals surface area contributed by atoms with Crippen molar-refractivity contribution in [3.8, 4) is 0 Å². The van der Waals surface area contributed by atoms with Gasteiger partial charge in [-0.15, -0.1) is 0 Å². The van der Waals surface area contributed by atoms with E-state index in [0.29, 0.717) is 18.1 Å². The van der Waals surface area contributed by atoms with Gasteiger partial charge in [0.25, 0.3) is 0 Å². The fraction of sp³-hybridized carbons (Fsp3) is 0.429. The lowest BCUT2D eigenvalue weighted by atomic mass is 10.1. The van der Waals surface area contributed by atoms with Gasteiger partial charge >= 0.3 is 0 Å². The molecule has 1 fully saturated rings. The molecule has 106 valence electrons. The van der Waals surface area contributed by atoms with E-state index >= 15 is 0 Å². The van der Waals surface area contributed by atoms with Crippen LogP contribution in [0.3, 0.4) is 0 Å². The second-order valence-electron chi connectivity index (χ2n) is 4.87. The van der Waals surface area contributed by atoms with Crippen molar-refractivity contribution in [3.63, 3.8) is 0 Å². The van der Waals surface area contributed by atoms with Gasteiger partial charge in [0.05, 0.1) is 12.1 Å². The molecule has 0 amide bonds. The Kier molecular flexibility index (Phi) is 4.14. The lowest BCUT2D eigenvalue weighted by Gasteiger charge is -2.04. The molecule has 2 heterocycles. The molecule has 5 nitrogen and oxygen atoms in total. The molecule has 0 radical (unpaired) electrons. The van der Waals surface area contributed by atoms with Crippen LogP contribution in [0.15, 0.2) is 33.3 Å². The molecule has 1 aromatic heterocycles. The van der Waals surface area contributed by atoms with E-state index in [-0.39, 0.29) is 12.1 Å². The lowest BCUT2D eigenvalue weighted by Crippen LogP contribution is -2.16. The summed E-state index contributed by atoms with van der Waals surface area (Å²) in [4.78, 5) is 4.48. The van der Waals surface area contributed by atoms with Gasteiger partial charge in [0.1, 0.15) is 0 Å². The summed E-state index contributed by atoms with van der Waals surface area (Å²) in [5.74, 6) is 1.35. The Morgan fingerprint density at radius 3 is 3.05 bits per heavy atom. The van der Waals surface area contributed by atoms with Gasteiger partial charge in [0.15, 0.2) is 5.82 Å². The van der Waals surface area contributed by atoms with Crippen molar-refractivity contribution >= 4 is 15.9 Å². The maximum atomic E-state index is 5.36. The topological polar surface area (TPSA) is 60.2 Å². The number of halogens is 1. The molecule has 1 N–H and O–H groups in total. The third-order valence-electron chi connectivity index (χ3n) is 3.51. The first kappa shape index (κ1) is 13.7. The van der Waals surface area contributed by atoms with E-state index in [1.54, 1.807) is 7.11 Å². The van der Waals surface area contributed by atoms with E-state index in [9.17, 15) is 0 Å². The molecule has 1 aliphatic heterocycles. The summed E-state index contributed by atoms with van der Waals surface area (Å²) in [7, 11) is 1.72. The molecule has 1 saturated heterocycles. The number of nitrogens with one attached hydrogen (secondary N) is 1. The molecule has 6 heteroatoms. The van der Waals surface area contributed by atoms with Gasteiger partial charge in [0.2, 0.25) is 5.89 Å².